The van der Waals surface area contributed by atoms with Crippen LogP contribution in [0.2, 0.25) is 0 Å². The zero-order valence-corrected chi connectivity index (χ0v) is 15.0. The van der Waals surface area contributed by atoms with Crippen molar-refractivity contribution in [3.05, 3.63) is 64.7 Å². The van der Waals surface area contributed by atoms with E-state index in [9.17, 15) is 4.79 Å². The number of benzene rings is 2. The molecule has 24 heavy (non-hydrogen) atoms. The quantitative estimate of drug-likeness (QED) is 0.722. The summed E-state index contributed by atoms with van der Waals surface area (Å²) in [6.07, 6.45) is 2.27. The molecule has 1 aliphatic heterocycles. The summed E-state index contributed by atoms with van der Waals surface area (Å²) in [6, 6.07) is 14.6. The molecule has 0 amide bonds. The number of anilines is 1. The van der Waals surface area contributed by atoms with Gasteiger partial charge in [-0.2, -0.15) is 0 Å². The van der Waals surface area contributed by atoms with Gasteiger partial charge in [-0.15, -0.1) is 0 Å². The number of fused-ring (bicyclic) bond motifs is 1. The molecule has 0 aromatic heterocycles. The maximum Gasteiger partial charge on any atom is 0.158 e. The summed E-state index contributed by atoms with van der Waals surface area (Å²) in [5.74, 6) is 0.970. The molecule has 0 unspecified atom stereocenters. The second kappa shape index (κ2) is 7.14. The van der Waals surface area contributed by atoms with Crippen LogP contribution in [-0.4, -0.2) is 12.9 Å². The lowest BCUT2D eigenvalue weighted by Crippen LogP contribution is -2.18. The Balaban J connectivity index is 1.98. The SMILES string of the molecule is CCC(=O)/C=C1\Sc2ccc(OC)cc2N1Cc1ccc(C)cc1. The van der Waals surface area contributed by atoms with Gasteiger partial charge in [0.05, 0.1) is 17.8 Å². The maximum absolute atomic E-state index is 11.9. The van der Waals surface area contributed by atoms with Gasteiger partial charge in [-0.05, 0) is 24.6 Å². The van der Waals surface area contributed by atoms with Crippen molar-refractivity contribution in [1.29, 1.82) is 0 Å². The second-order valence-corrected chi connectivity index (χ2v) is 6.87. The van der Waals surface area contributed by atoms with Crippen molar-refractivity contribution in [2.75, 3.05) is 12.0 Å². The van der Waals surface area contributed by atoms with Crippen molar-refractivity contribution in [3.63, 3.8) is 0 Å². The van der Waals surface area contributed by atoms with Gasteiger partial charge in [-0.1, -0.05) is 48.5 Å². The molecule has 1 heterocycles. The molecular formula is C20H21NO2S. The van der Waals surface area contributed by atoms with Crippen LogP contribution in [0.25, 0.3) is 0 Å². The van der Waals surface area contributed by atoms with Gasteiger partial charge in [0.2, 0.25) is 0 Å². The molecule has 3 nitrogen and oxygen atoms in total. The highest BCUT2D eigenvalue weighted by Crippen LogP contribution is 2.48. The smallest absolute Gasteiger partial charge is 0.158 e. The summed E-state index contributed by atoms with van der Waals surface area (Å²) in [4.78, 5) is 15.3. The number of ketones is 1. The molecule has 3 rings (SSSR count). The molecule has 2 aromatic carbocycles. The van der Waals surface area contributed by atoms with E-state index in [2.05, 4.69) is 42.2 Å². The summed E-state index contributed by atoms with van der Waals surface area (Å²) < 4.78 is 5.37. The highest BCUT2D eigenvalue weighted by molar-refractivity contribution is 8.03. The molecule has 0 atom stereocenters. The van der Waals surface area contributed by atoms with Crippen LogP contribution in [0.15, 0.2) is 58.5 Å². The van der Waals surface area contributed by atoms with Gasteiger partial charge in [0.1, 0.15) is 5.75 Å². The number of methoxy groups -OCH3 is 1. The Morgan fingerprint density at radius 2 is 1.96 bits per heavy atom. The van der Waals surface area contributed by atoms with Crippen LogP contribution in [0.3, 0.4) is 0 Å². The van der Waals surface area contributed by atoms with Crippen LogP contribution in [0.1, 0.15) is 24.5 Å². The Labute approximate surface area is 147 Å². The number of nitrogens with zero attached hydrogens (tertiary/aromatic N) is 1. The Kier molecular flexibility index (Phi) is 4.95. The molecule has 0 saturated carbocycles. The molecular weight excluding hydrogens is 318 g/mol. The first-order valence-corrected chi connectivity index (χ1v) is 8.86. The minimum absolute atomic E-state index is 0.145. The highest BCUT2D eigenvalue weighted by atomic mass is 32.2. The van der Waals surface area contributed by atoms with E-state index in [0.717, 1.165) is 27.9 Å². The zero-order valence-electron chi connectivity index (χ0n) is 14.2. The lowest BCUT2D eigenvalue weighted by molar-refractivity contribution is -0.114. The fourth-order valence-electron chi connectivity index (χ4n) is 2.59. The number of hydrogen-bond donors (Lipinski definition) is 0. The number of ether oxygens (including phenoxy) is 1. The van der Waals surface area contributed by atoms with Gasteiger partial charge in [-0.25, -0.2) is 0 Å². The first kappa shape index (κ1) is 16.7. The predicted molar refractivity (Wildman–Crippen MR) is 99.6 cm³/mol. The third-order valence-corrected chi connectivity index (χ3v) is 5.14. The second-order valence-electron chi connectivity index (χ2n) is 5.81. The summed E-state index contributed by atoms with van der Waals surface area (Å²) >= 11 is 1.64. The van der Waals surface area contributed by atoms with Crippen molar-refractivity contribution in [3.8, 4) is 5.75 Å². The standard InChI is InChI=1S/C20H21NO2S/c1-4-16(22)11-20-21(13-15-7-5-14(2)6-8-15)18-12-17(23-3)9-10-19(18)24-20/h5-12H,4,13H2,1-3H3/b20-11-. The average molecular weight is 339 g/mol. The minimum atomic E-state index is 0.145. The van der Waals surface area contributed by atoms with Crippen molar-refractivity contribution >= 4 is 23.2 Å². The lowest BCUT2D eigenvalue weighted by Gasteiger charge is -2.21. The average Bonchev–Trinajstić information content (AvgIpc) is 2.93. The van der Waals surface area contributed by atoms with Crippen LogP contribution in [0, 0.1) is 6.92 Å². The Morgan fingerprint density at radius 3 is 2.62 bits per heavy atom. The van der Waals surface area contributed by atoms with Crippen LogP contribution in [0.4, 0.5) is 5.69 Å². The Hall–Kier alpha value is -2.20. The molecule has 0 radical (unpaired) electrons. The number of hydrogen-bond acceptors (Lipinski definition) is 4. The van der Waals surface area contributed by atoms with Crippen LogP contribution >= 0.6 is 11.8 Å². The first-order chi connectivity index (χ1) is 11.6. The largest absolute Gasteiger partial charge is 0.497 e. The summed E-state index contributed by atoms with van der Waals surface area (Å²) in [5.41, 5.74) is 3.55. The molecule has 124 valence electrons. The Morgan fingerprint density at radius 1 is 1.21 bits per heavy atom. The molecule has 2 aromatic rings. The number of allylic oxidation sites excluding steroid dienone is 1. The number of carbonyl (C=O) groups excluding carboxylic acids is 1. The molecule has 0 bridgehead atoms. The highest BCUT2D eigenvalue weighted by Gasteiger charge is 2.26. The molecule has 0 saturated heterocycles. The summed E-state index contributed by atoms with van der Waals surface area (Å²) in [7, 11) is 1.67. The summed E-state index contributed by atoms with van der Waals surface area (Å²) in [6.45, 7) is 4.71. The van der Waals surface area contributed by atoms with E-state index in [4.69, 9.17) is 4.74 Å². The molecule has 0 spiro atoms. The van der Waals surface area contributed by atoms with Gasteiger partial charge in [-0.3, -0.25) is 4.79 Å². The topological polar surface area (TPSA) is 29.5 Å². The third kappa shape index (κ3) is 3.49. The normalized spacial score (nSPS) is 14.8. The number of thioether (sulfide) groups is 1. The Bertz CT molecular complexity index is 781. The molecule has 4 heteroatoms. The van der Waals surface area contributed by atoms with Crippen molar-refractivity contribution in [2.24, 2.45) is 0 Å². The van der Waals surface area contributed by atoms with Gasteiger partial charge in [0.15, 0.2) is 5.78 Å². The van der Waals surface area contributed by atoms with Crippen LogP contribution < -0.4 is 9.64 Å². The minimum Gasteiger partial charge on any atom is -0.497 e. The van der Waals surface area contributed by atoms with E-state index < -0.39 is 0 Å². The van der Waals surface area contributed by atoms with Gasteiger partial charge < -0.3 is 9.64 Å². The predicted octanol–water partition coefficient (Wildman–Crippen LogP) is 4.94. The van der Waals surface area contributed by atoms with E-state index in [-0.39, 0.29) is 5.78 Å². The van der Waals surface area contributed by atoms with Crippen LogP contribution in [-0.2, 0) is 11.3 Å². The molecule has 0 N–H and O–H groups in total. The number of aryl methyl sites for hydroxylation is 1. The zero-order chi connectivity index (χ0) is 17.1. The maximum atomic E-state index is 11.9. The van der Waals surface area contributed by atoms with Gasteiger partial charge in [0, 0.05) is 30.0 Å². The van der Waals surface area contributed by atoms with Gasteiger partial charge >= 0.3 is 0 Å². The summed E-state index contributed by atoms with van der Waals surface area (Å²) in [5, 5.41) is 0.977. The fourth-order valence-corrected chi connectivity index (χ4v) is 3.69. The monoisotopic (exact) mass is 339 g/mol. The molecule has 0 fully saturated rings. The van der Waals surface area contributed by atoms with Crippen molar-refractivity contribution in [2.45, 2.75) is 31.7 Å². The lowest BCUT2D eigenvalue weighted by atomic mass is 10.1. The number of rotatable bonds is 5. The molecule has 0 aliphatic carbocycles. The third-order valence-electron chi connectivity index (χ3n) is 4.03. The van der Waals surface area contributed by atoms with Crippen molar-refractivity contribution < 1.29 is 9.53 Å². The van der Waals surface area contributed by atoms with E-state index in [0.29, 0.717) is 6.42 Å². The fraction of sp³-hybridized carbons (Fsp3) is 0.250. The molecule has 1 aliphatic rings. The van der Waals surface area contributed by atoms with Crippen LogP contribution in [0.5, 0.6) is 5.75 Å². The van der Waals surface area contributed by atoms with Gasteiger partial charge in [0.25, 0.3) is 0 Å². The number of carbonyl (C=O) groups is 1. The van der Waals surface area contributed by atoms with E-state index >= 15 is 0 Å². The van der Waals surface area contributed by atoms with E-state index in [1.54, 1.807) is 24.9 Å². The van der Waals surface area contributed by atoms with Crippen molar-refractivity contribution in [1.82, 2.24) is 0 Å². The first-order valence-electron chi connectivity index (χ1n) is 8.04. The van der Waals surface area contributed by atoms with E-state index in [1.807, 2.05) is 19.1 Å². The van der Waals surface area contributed by atoms with E-state index in [1.165, 1.54) is 11.1 Å².